The van der Waals surface area contributed by atoms with Crippen molar-refractivity contribution in [2.45, 2.75) is 26.4 Å². The average molecular weight is 598 g/mol. The fourth-order valence-corrected chi connectivity index (χ4v) is 5.10. The second-order valence-corrected chi connectivity index (χ2v) is 10.4. The van der Waals surface area contributed by atoms with E-state index in [2.05, 4.69) is 21.2 Å². The summed E-state index contributed by atoms with van der Waals surface area (Å²) in [7, 11) is 1.57. The van der Waals surface area contributed by atoms with E-state index in [0.717, 1.165) is 15.6 Å². The number of fused-ring (bicyclic) bond motifs is 1. The van der Waals surface area contributed by atoms with Gasteiger partial charge in [0, 0.05) is 16.7 Å². The monoisotopic (exact) mass is 596 g/mol. The van der Waals surface area contributed by atoms with Gasteiger partial charge in [-0.3, -0.25) is 9.36 Å². The van der Waals surface area contributed by atoms with Crippen LogP contribution in [0.5, 0.6) is 5.75 Å². The van der Waals surface area contributed by atoms with Crippen molar-refractivity contribution in [2.24, 2.45) is 0 Å². The fraction of sp³-hybridized carbons (Fsp3) is 0.156. The molecule has 202 valence electrons. The molecular weight excluding hydrogens is 568 g/mol. The highest BCUT2D eigenvalue weighted by Crippen LogP contribution is 2.30. The molecule has 0 saturated carbocycles. The van der Waals surface area contributed by atoms with Gasteiger partial charge in [-0.05, 0) is 67.4 Å². The molecule has 2 amide bonds. The lowest BCUT2D eigenvalue weighted by atomic mass is 10.1. The maximum Gasteiger partial charge on any atom is 0.322 e. The van der Waals surface area contributed by atoms with E-state index in [1.807, 2.05) is 105 Å². The lowest BCUT2D eigenvalue weighted by Crippen LogP contribution is -2.39. The minimum Gasteiger partial charge on any atom is -0.495 e. The minimum absolute atomic E-state index is 0.233. The molecule has 1 unspecified atom stereocenters. The van der Waals surface area contributed by atoms with E-state index in [1.165, 1.54) is 0 Å². The third-order valence-electron chi connectivity index (χ3n) is 6.75. The Hall–Kier alpha value is -4.43. The molecule has 1 atom stereocenters. The lowest BCUT2D eigenvalue weighted by Gasteiger charge is -2.31. The molecule has 0 bridgehead atoms. The first-order valence-electron chi connectivity index (χ1n) is 12.9. The number of ether oxygens (including phenoxy) is 1. The highest BCUT2D eigenvalue weighted by atomic mass is 79.9. The summed E-state index contributed by atoms with van der Waals surface area (Å²) in [5.41, 5.74) is 3.45. The van der Waals surface area contributed by atoms with E-state index >= 15 is 0 Å². The van der Waals surface area contributed by atoms with Crippen LogP contribution in [0.15, 0.2) is 106 Å². The summed E-state index contributed by atoms with van der Waals surface area (Å²) in [6.45, 7) is 4.15. The summed E-state index contributed by atoms with van der Waals surface area (Å²) >= 11 is 3.47. The van der Waals surface area contributed by atoms with Crippen LogP contribution in [0.25, 0.3) is 16.6 Å². The number of nitrogens with zero attached hydrogens (tertiary/aromatic N) is 3. The normalized spacial score (nSPS) is 11.7. The van der Waals surface area contributed by atoms with Crippen LogP contribution in [0.3, 0.4) is 0 Å². The Balaban J connectivity index is 1.69. The van der Waals surface area contributed by atoms with Gasteiger partial charge in [-0.1, -0.05) is 70.5 Å². The quantitative estimate of drug-likeness (QED) is 0.214. The molecule has 1 heterocycles. The van der Waals surface area contributed by atoms with Crippen molar-refractivity contribution in [1.29, 1.82) is 0 Å². The van der Waals surface area contributed by atoms with Crippen LogP contribution in [0.2, 0.25) is 0 Å². The van der Waals surface area contributed by atoms with E-state index in [4.69, 9.17) is 9.72 Å². The summed E-state index contributed by atoms with van der Waals surface area (Å²) in [6, 6.07) is 29.2. The van der Waals surface area contributed by atoms with E-state index in [-0.39, 0.29) is 11.6 Å². The molecule has 1 aromatic heterocycles. The highest BCUT2D eigenvalue weighted by Gasteiger charge is 2.28. The molecule has 0 aliphatic heterocycles. The highest BCUT2D eigenvalue weighted by molar-refractivity contribution is 9.10. The van der Waals surface area contributed by atoms with Gasteiger partial charge in [-0.25, -0.2) is 9.78 Å². The first-order valence-corrected chi connectivity index (χ1v) is 13.7. The van der Waals surface area contributed by atoms with Gasteiger partial charge >= 0.3 is 6.03 Å². The molecule has 0 fully saturated rings. The van der Waals surface area contributed by atoms with Crippen LogP contribution in [-0.4, -0.2) is 27.6 Å². The second-order valence-electron chi connectivity index (χ2n) is 9.53. The van der Waals surface area contributed by atoms with Crippen LogP contribution in [0, 0.1) is 6.92 Å². The number of halogens is 1. The number of methoxy groups -OCH3 is 1. The molecule has 8 heteroatoms. The largest absolute Gasteiger partial charge is 0.495 e. The summed E-state index contributed by atoms with van der Waals surface area (Å²) < 4.78 is 8.09. The fourth-order valence-electron chi connectivity index (χ4n) is 4.70. The summed E-state index contributed by atoms with van der Waals surface area (Å²) in [6.07, 6.45) is 0. The Morgan fingerprint density at radius 3 is 2.50 bits per heavy atom. The molecule has 0 saturated heterocycles. The van der Waals surface area contributed by atoms with E-state index in [1.54, 1.807) is 22.6 Å². The zero-order chi connectivity index (χ0) is 28.2. The lowest BCUT2D eigenvalue weighted by molar-refractivity contribution is 0.185. The van der Waals surface area contributed by atoms with Crippen LogP contribution in [0.1, 0.15) is 29.9 Å². The first-order chi connectivity index (χ1) is 19.4. The summed E-state index contributed by atoms with van der Waals surface area (Å²) in [5.74, 6) is 0.958. The van der Waals surface area contributed by atoms with Gasteiger partial charge in [0.05, 0.1) is 29.7 Å². The number of hydrogen-bond acceptors (Lipinski definition) is 4. The third kappa shape index (κ3) is 5.62. The van der Waals surface area contributed by atoms with Crippen molar-refractivity contribution in [2.75, 3.05) is 12.4 Å². The van der Waals surface area contributed by atoms with Crippen molar-refractivity contribution in [3.63, 3.8) is 0 Å². The third-order valence-corrected chi connectivity index (χ3v) is 7.24. The van der Waals surface area contributed by atoms with Crippen molar-refractivity contribution < 1.29 is 9.53 Å². The van der Waals surface area contributed by atoms with Gasteiger partial charge in [0.15, 0.2) is 0 Å². The number of hydrogen-bond donors (Lipinski definition) is 1. The topological polar surface area (TPSA) is 76.5 Å². The van der Waals surface area contributed by atoms with Gasteiger partial charge in [-0.2, -0.15) is 0 Å². The molecule has 5 aromatic rings. The van der Waals surface area contributed by atoms with Gasteiger partial charge in [0.1, 0.15) is 11.6 Å². The molecule has 0 radical (unpaired) electrons. The standard InChI is InChI=1S/C32H29BrN4O3/c1-21-16-17-29(40-3)28(18-21)37-30(35-27-15-8-7-14-26(27)31(37)38)22(2)36(20-23-10-5-4-6-11-23)32(39)34-25-13-9-12-24(33)19-25/h4-19,22H,20H2,1-3H3,(H,34,39). The number of rotatable bonds is 7. The molecule has 4 aromatic carbocycles. The molecule has 40 heavy (non-hydrogen) atoms. The second kappa shape index (κ2) is 11.8. The van der Waals surface area contributed by atoms with Gasteiger partial charge in [-0.15, -0.1) is 0 Å². The Bertz CT molecular complexity index is 1740. The Morgan fingerprint density at radius 2 is 1.75 bits per heavy atom. The smallest absolute Gasteiger partial charge is 0.322 e. The molecule has 5 rings (SSSR count). The SMILES string of the molecule is COc1ccc(C)cc1-n1c(C(C)N(Cc2ccccc2)C(=O)Nc2cccc(Br)c2)nc2ccccc2c1=O. The molecule has 0 spiro atoms. The predicted molar refractivity (Wildman–Crippen MR) is 162 cm³/mol. The maximum absolute atomic E-state index is 14.1. The zero-order valence-electron chi connectivity index (χ0n) is 22.5. The Labute approximate surface area is 241 Å². The number of benzene rings is 4. The molecule has 0 aliphatic carbocycles. The molecule has 0 aliphatic rings. The van der Waals surface area contributed by atoms with Crippen LogP contribution >= 0.6 is 15.9 Å². The predicted octanol–water partition coefficient (Wildman–Crippen LogP) is 7.26. The van der Waals surface area contributed by atoms with Crippen molar-refractivity contribution in [3.8, 4) is 11.4 Å². The summed E-state index contributed by atoms with van der Waals surface area (Å²) in [5, 5.41) is 3.50. The van der Waals surface area contributed by atoms with Crippen LogP contribution < -0.4 is 15.6 Å². The van der Waals surface area contributed by atoms with Crippen molar-refractivity contribution >= 4 is 38.6 Å². The summed E-state index contributed by atoms with van der Waals surface area (Å²) in [4.78, 5) is 34.6. The number of amides is 2. The van der Waals surface area contributed by atoms with Crippen molar-refractivity contribution in [3.05, 3.63) is 129 Å². The number of urea groups is 1. The number of para-hydroxylation sites is 1. The van der Waals surface area contributed by atoms with E-state index < -0.39 is 6.04 Å². The number of aryl methyl sites for hydroxylation is 1. The number of aromatic nitrogens is 2. The average Bonchev–Trinajstić information content (AvgIpc) is 2.96. The van der Waals surface area contributed by atoms with E-state index in [0.29, 0.717) is 40.4 Å². The number of carbonyl (C=O) groups excluding carboxylic acids is 1. The maximum atomic E-state index is 14.1. The minimum atomic E-state index is -0.602. The number of anilines is 1. The van der Waals surface area contributed by atoms with Gasteiger partial charge < -0.3 is 15.0 Å². The van der Waals surface area contributed by atoms with Gasteiger partial charge in [0.25, 0.3) is 5.56 Å². The van der Waals surface area contributed by atoms with Crippen LogP contribution in [-0.2, 0) is 6.54 Å². The van der Waals surface area contributed by atoms with Gasteiger partial charge in [0.2, 0.25) is 0 Å². The van der Waals surface area contributed by atoms with E-state index in [9.17, 15) is 9.59 Å². The first kappa shape index (κ1) is 27.1. The molecule has 1 N–H and O–H groups in total. The van der Waals surface area contributed by atoms with Crippen LogP contribution in [0.4, 0.5) is 10.5 Å². The number of nitrogens with one attached hydrogen (secondary N) is 1. The molecular formula is C32H29BrN4O3. The Morgan fingerprint density at radius 1 is 1.00 bits per heavy atom. The van der Waals surface area contributed by atoms with Crippen molar-refractivity contribution in [1.82, 2.24) is 14.5 Å². The zero-order valence-corrected chi connectivity index (χ0v) is 24.1. The number of carbonyl (C=O) groups is 1. The Kier molecular flexibility index (Phi) is 7.98. The molecule has 7 nitrogen and oxygen atoms in total.